The number of hydrogen-bond acceptors (Lipinski definition) is 5. The smallest absolute Gasteiger partial charge is 0.326 e. The van der Waals surface area contributed by atoms with Crippen molar-refractivity contribution in [2.24, 2.45) is 7.05 Å². The quantitative estimate of drug-likeness (QED) is 0.488. The van der Waals surface area contributed by atoms with Crippen LogP contribution in [0.15, 0.2) is 37.1 Å². The number of amides is 2. The number of carbonyl (C=O) groups is 1. The number of fused-ring (bicyclic) bond motifs is 3. The third kappa shape index (κ3) is 3.30. The summed E-state index contributed by atoms with van der Waals surface area (Å²) >= 11 is 12.5. The average molecular weight is 457 g/mol. The number of urea groups is 1. The van der Waals surface area contributed by atoms with Crippen molar-refractivity contribution < 1.29 is 4.79 Å². The first-order valence-electron chi connectivity index (χ1n) is 9.50. The molecule has 0 fully saturated rings. The van der Waals surface area contributed by atoms with Gasteiger partial charge in [0.25, 0.3) is 0 Å². The van der Waals surface area contributed by atoms with Crippen LogP contribution in [0.2, 0.25) is 10.2 Å². The van der Waals surface area contributed by atoms with Crippen molar-refractivity contribution in [1.29, 1.82) is 0 Å². The third-order valence-corrected chi connectivity index (χ3v) is 5.68. The summed E-state index contributed by atoms with van der Waals surface area (Å²) in [5.41, 5.74) is 3.54. The molecule has 0 saturated heterocycles. The fraction of sp³-hybridized carbons (Fsp3) is 0.250. The van der Waals surface area contributed by atoms with Gasteiger partial charge in [-0.2, -0.15) is 5.10 Å². The molecule has 5 rings (SSSR count). The second-order valence-corrected chi connectivity index (χ2v) is 8.90. The lowest BCUT2D eigenvalue weighted by Crippen LogP contribution is -2.37. The minimum Gasteiger partial charge on any atom is -0.340 e. The van der Waals surface area contributed by atoms with Crippen LogP contribution in [0.4, 0.5) is 16.2 Å². The molecular formula is C20H18Cl2N8O. The maximum atomic E-state index is 13.1. The van der Waals surface area contributed by atoms with E-state index in [9.17, 15) is 4.79 Å². The van der Waals surface area contributed by atoms with Gasteiger partial charge in [-0.15, -0.1) is 0 Å². The van der Waals surface area contributed by atoms with Gasteiger partial charge in [-0.05, 0) is 6.07 Å². The molecule has 2 amide bonds. The molecule has 4 aromatic heterocycles. The molecule has 31 heavy (non-hydrogen) atoms. The van der Waals surface area contributed by atoms with Crippen LogP contribution in [-0.4, -0.2) is 41.7 Å². The minimum absolute atomic E-state index is 0.310. The van der Waals surface area contributed by atoms with Gasteiger partial charge in [0.1, 0.15) is 11.4 Å². The van der Waals surface area contributed by atoms with Gasteiger partial charge >= 0.3 is 6.03 Å². The van der Waals surface area contributed by atoms with Crippen LogP contribution in [0.5, 0.6) is 0 Å². The largest absolute Gasteiger partial charge is 0.340 e. The zero-order valence-electron chi connectivity index (χ0n) is 17.0. The van der Waals surface area contributed by atoms with E-state index in [0.717, 1.165) is 5.69 Å². The first kappa shape index (κ1) is 19.8. The van der Waals surface area contributed by atoms with Gasteiger partial charge in [0.2, 0.25) is 0 Å². The summed E-state index contributed by atoms with van der Waals surface area (Å²) in [6, 6.07) is 3.04. The third-order valence-electron chi connectivity index (χ3n) is 5.20. The number of aryl methyl sites for hydroxylation is 1. The Kier molecular flexibility index (Phi) is 4.42. The summed E-state index contributed by atoms with van der Waals surface area (Å²) in [6.45, 7) is 4.56. The monoisotopic (exact) mass is 456 g/mol. The molecule has 0 bridgehead atoms. The summed E-state index contributed by atoms with van der Waals surface area (Å²) in [7, 11) is 1.87. The summed E-state index contributed by atoms with van der Waals surface area (Å²) in [5.74, 6) is 0. The summed E-state index contributed by atoms with van der Waals surface area (Å²) in [5, 5.41) is 7.96. The van der Waals surface area contributed by atoms with E-state index in [4.69, 9.17) is 23.2 Å². The molecule has 0 aliphatic carbocycles. The van der Waals surface area contributed by atoms with Gasteiger partial charge in [-0.25, -0.2) is 19.3 Å². The number of halogens is 2. The van der Waals surface area contributed by atoms with Crippen LogP contribution in [-0.2, 0) is 12.5 Å². The standard InChI is InChI=1S/C20H18Cl2N8O/c1-20(2)9-29(14-7-23-16-5-15(22)27-30(16)18(14)20)19(31)26-11-4-12(21)17(24-6-11)13-8-28(3)10-25-13/h4-8,10H,9H2,1-3H3,(H,26,31). The van der Waals surface area contributed by atoms with Crippen molar-refractivity contribution in [1.82, 2.24) is 29.1 Å². The van der Waals surface area contributed by atoms with Gasteiger partial charge in [0.15, 0.2) is 10.8 Å². The summed E-state index contributed by atoms with van der Waals surface area (Å²) in [6.07, 6.45) is 6.73. The number of rotatable bonds is 2. The minimum atomic E-state index is -0.345. The number of pyridine rings is 1. The van der Waals surface area contributed by atoms with Crippen molar-refractivity contribution in [3.8, 4) is 11.4 Å². The molecule has 9 nitrogen and oxygen atoms in total. The maximum absolute atomic E-state index is 13.1. The lowest BCUT2D eigenvalue weighted by Gasteiger charge is -2.20. The Bertz CT molecular complexity index is 1340. The Labute approximate surface area is 187 Å². The fourth-order valence-corrected chi connectivity index (χ4v) is 4.32. The normalized spacial score (nSPS) is 14.8. The first-order valence-corrected chi connectivity index (χ1v) is 10.3. The van der Waals surface area contributed by atoms with E-state index >= 15 is 0 Å². The van der Waals surface area contributed by atoms with Gasteiger partial charge in [-0.1, -0.05) is 37.0 Å². The van der Waals surface area contributed by atoms with E-state index in [1.165, 1.54) is 0 Å². The molecule has 0 unspecified atom stereocenters. The highest BCUT2D eigenvalue weighted by molar-refractivity contribution is 6.33. The Morgan fingerprint density at radius 2 is 1.97 bits per heavy atom. The Hall–Kier alpha value is -3.17. The van der Waals surface area contributed by atoms with E-state index in [1.54, 1.807) is 40.3 Å². The molecule has 0 aromatic carbocycles. The van der Waals surface area contributed by atoms with Crippen molar-refractivity contribution >= 4 is 46.3 Å². The van der Waals surface area contributed by atoms with Crippen LogP contribution in [0.3, 0.4) is 0 Å². The second kappa shape index (κ2) is 6.93. The van der Waals surface area contributed by atoms with Crippen molar-refractivity contribution in [3.05, 3.63) is 52.9 Å². The molecule has 0 atom stereocenters. The zero-order chi connectivity index (χ0) is 21.9. The number of anilines is 2. The highest BCUT2D eigenvalue weighted by atomic mass is 35.5. The van der Waals surface area contributed by atoms with Crippen LogP contribution in [0, 0.1) is 0 Å². The predicted molar refractivity (Wildman–Crippen MR) is 119 cm³/mol. The summed E-state index contributed by atoms with van der Waals surface area (Å²) in [4.78, 5) is 27.8. The molecule has 1 aliphatic rings. The zero-order valence-corrected chi connectivity index (χ0v) is 18.5. The molecule has 11 heteroatoms. The summed E-state index contributed by atoms with van der Waals surface area (Å²) < 4.78 is 3.51. The number of hydrogen-bond donors (Lipinski definition) is 1. The Morgan fingerprint density at radius 3 is 2.68 bits per heavy atom. The molecule has 1 aliphatic heterocycles. The first-order chi connectivity index (χ1) is 14.7. The maximum Gasteiger partial charge on any atom is 0.326 e. The molecule has 1 N–H and O–H groups in total. The van der Waals surface area contributed by atoms with Gasteiger partial charge in [0.05, 0.1) is 40.8 Å². The highest BCUT2D eigenvalue weighted by Crippen LogP contribution is 2.40. The van der Waals surface area contributed by atoms with Crippen LogP contribution in [0.1, 0.15) is 19.5 Å². The second-order valence-electron chi connectivity index (χ2n) is 8.11. The lowest BCUT2D eigenvalue weighted by molar-refractivity contribution is 0.256. The topological polar surface area (TPSA) is 93.2 Å². The predicted octanol–water partition coefficient (Wildman–Crippen LogP) is 4.16. The van der Waals surface area contributed by atoms with Crippen LogP contribution in [0.25, 0.3) is 17.0 Å². The Morgan fingerprint density at radius 1 is 1.16 bits per heavy atom. The Balaban J connectivity index is 1.44. The van der Waals surface area contributed by atoms with Crippen molar-refractivity contribution in [3.63, 3.8) is 0 Å². The SMILES string of the molecule is Cn1cnc(-c2ncc(NC(=O)N3CC(C)(C)c4c3cnc3cc(Cl)nn43)cc2Cl)c1. The molecule has 158 valence electrons. The van der Waals surface area contributed by atoms with E-state index in [0.29, 0.717) is 45.1 Å². The molecule has 0 spiro atoms. The van der Waals surface area contributed by atoms with Gasteiger partial charge < -0.3 is 9.88 Å². The highest BCUT2D eigenvalue weighted by Gasteiger charge is 2.41. The van der Waals surface area contributed by atoms with E-state index in [1.807, 2.05) is 31.7 Å². The van der Waals surface area contributed by atoms with E-state index in [2.05, 4.69) is 25.4 Å². The van der Waals surface area contributed by atoms with E-state index in [-0.39, 0.29) is 11.4 Å². The van der Waals surface area contributed by atoms with Crippen molar-refractivity contribution in [2.75, 3.05) is 16.8 Å². The van der Waals surface area contributed by atoms with Crippen molar-refractivity contribution in [2.45, 2.75) is 19.3 Å². The average Bonchev–Trinajstić information content (AvgIpc) is 3.36. The number of aromatic nitrogens is 6. The molecule has 4 aromatic rings. The molecular weight excluding hydrogens is 439 g/mol. The number of imidazole rings is 1. The van der Waals surface area contributed by atoms with Gasteiger partial charge in [-0.3, -0.25) is 9.88 Å². The number of nitrogens with one attached hydrogen (secondary N) is 1. The lowest BCUT2D eigenvalue weighted by atomic mass is 9.91. The number of carbonyl (C=O) groups excluding carboxylic acids is 1. The molecule has 0 saturated carbocycles. The fourth-order valence-electron chi connectivity index (χ4n) is 3.88. The molecule has 0 radical (unpaired) electrons. The molecule has 5 heterocycles. The van der Waals surface area contributed by atoms with E-state index < -0.39 is 0 Å². The van der Waals surface area contributed by atoms with Gasteiger partial charge in [0, 0.05) is 31.3 Å². The van der Waals surface area contributed by atoms with Crippen LogP contribution >= 0.6 is 23.2 Å². The van der Waals surface area contributed by atoms with Crippen LogP contribution < -0.4 is 10.2 Å². The number of nitrogens with zero attached hydrogens (tertiary/aromatic N) is 7.